The lowest BCUT2D eigenvalue weighted by Crippen LogP contribution is -2.32. The lowest BCUT2D eigenvalue weighted by atomic mass is 10.1. The van der Waals surface area contributed by atoms with Gasteiger partial charge >= 0.3 is 0 Å². The van der Waals surface area contributed by atoms with Crippen LogP contribution in [0.2, 0.25) is 0 Å². The minimum absolute atomic E-state index is 0.394. The van der Waals surface area contributed by atoms with Crippen LogP contribution in [-0.4, -0.2) is 6.04 Å². The van der Waals surface area contributed by atoms with Gasteiger partial charge in [0.25, 0.3) is 0 Å². The van der Waals surface area contributed by atoms with E-state index in [-0.39, 0.29) is 0 Å². The Hall–Kier alpha value is -0.860. The van der Waals surface area contributed by atoms with Gasteiger partial charge in [0.1, 0.15) is 0 Å². The van der Waals surface area contributed by atoms with Crippen LogP contribution in [-0.2, 0) is 6.42 Å². The minimum atomic E-state index is 0.394. The predicted molar refractivity (Wildman–Crippen MR) is 51.5 cm³/mol. The molecule has 0 saturated heterocycles. The Bertz CT molecular complexity index is 208. The average Bonchev–Trinajstić information content (AvgIpc) is 2.16. The van der Waals surface area contributed by atoms with E-state index >= 15 is 0 Å². The zero-order valence-electron chi connectivity index (χ0n) is 7.46. The fourth-order valence-electron chi connectivity index (χ4n) is 1.11. The van der Waals surface area contributed by atoms with E-state index < -0.39 is 0 Å². The number of aryl methyl sites for hydroxylation is 1. The molecule has 1 rings (SSSR count). The maximum absolute atomic E-state index is 5.29. The first-order chi connectivity index (χ1) is 5.83. The van der Waals surface area contributed by atoms with Gasteiger partial charge in [0.15, 0.2) is 0 Å². The number of nitrogens with one attached hydrogen (secondary N) is 1. The van der Waals surface area contributed by atoms with E-state index in [1.807, 2.05) is 6.07 Å². The Labute approximate surface area is 73.8 Å². The van der Waals surface area contributed by atoms with E-state index in [9.17, 15) is 0 Å². The Balaban J connectivity index is 2.33. The summed E-state index contributed by atoms with van der Waals surface area (Å²) in [6, 6.07) is 10.8. The predicted octanol–water partition coefficient (Wildman–Crippen LogP) is 1.47. The Kier molecular flexibility index (Phi) is 3.77. The molecule has 0 heterocycles. The van der Waals surface area contributed by atoms with E-state index in [0.717, 1.165) is 12.8 Å². The maximum atomic E-state index is 5.29. The van der Waals surface area contributed by atoms with Gasteiger partial charge in [-0.15, -0.1) is 0 Å². The number of hydrazine groups is 1. The Morgan fingerprint density at radius 2 is 2.00 bits per heavy atom. The van der Waals surface area contributed by atoms with Crippen LogP contribution in [0, 0.1) is 0 Å². The van der Waals surface area contributed by atoms with Crippen LogP contribution in [0.5, 0.6) is 0 Å². The summed E-state index contributed by atoms with van der Waals surface area (Å²) in [5, 5.41) is 0. The van der Waals surface area contributed by atoms with Crippen LogP contribution in [0.25, 0.3) is 0 Å². The molecule has 2 nitrogen and oxygen atoms in total. The topological polar surface area (TPSA) is 38.0 Å². The fourth-order valence-corrected chi connectivity index (χ4v) is 1.11. The number of hydrogen-bond donors (Lipinski definition) is 2. The second kappa shape index (κ2) is 4.91. The van der Waals surface area contributed by atoms with Gasteiger partial charge in [0, 0.05) is 6.04 Å². The SMILES string of the molecule is C[C@@H](CCc1ccccc1)NN. The second-order valence-corrected chi connectivity index (χ2v) is 3.09. The third-order valence-corrected chi connectivity index (χ3v) is 1.99. The molecule has 66 valence electrons. The molecular weight excluding hydrogens is 148 g/mol. The van der Waals surface area contributed by atoms with E-state index in [2.05, 4.69) is 36.6 Å². The average molecular weight is 164 g/mol. The van der Waals surface area contributed by atoms with Crippen molar-refractivity contribution in [2.45, 2.75) is 25.8 Å². The van der Waals surface area contributed by atoms with E-state index in [1.54, 1.807) is 0 Å². The molecule has 0 aliphatic heterocycles. The molecule has 2 heteroatoms. The number of nitrogens with two attached hydrogens (primary N) is 1. The fraction of sp³-hybridized carbons (Fsp3) is 0.400. The highest BCUT2D eigenvalue weighted by molar-refractivity contribution is 5.14. The molecule has 1 aromatic rings. The van der Waals surface area contributed by atoms with Gasteiger partial charge in [-0.3, -0.25) is 11.3 Å². The van der Waals surface area contributed by atoms with Crippen LogP contribution in [0.4, 0.5) is 0 Å². The highest BCUT2D eigenvalue weighted by Gasteiger charge is 1.98. The van der Waals surface area contributed by atoms with Crippen LogP contribution >= 0.6 is 0 Å². The Morgan fingerprint density at radius 1 is 1.33 bits per heavy atom. The zero-order valence-corrected chi connectivity index (χ0v) is 7.46. The van der Waals surface area contributed by atoms with Crippen LogP contribution in [0.15, 0.2) is 30.3 Å². The maximum Gasteiger partial charge on any atom is 0.0185 e. The standard InChI is InChI=1S/C10H16N2/c1-9(12-11)7-8-10-5-3-2-4-6-10/h2-6,9,12H,7-8,11H2,1H3/t9-/m0/s1. The molecule has 1 atom stereocenters. The monoisotopic (exact) mass is 164 g/mol. The van der Waals surface area contributed by atoms with Crippen molar-refractivity contribution < 1.29 is 0 Å². The molecule has 1 aromatic carbocycles. The number of hydrogen-bond acceptors (Lipinski definition) is 2. The molecule has 0 unspecified atom stereocenters. The van der Waals surface area contributed by atoms with Crippen molar-refractivity contribution >= 4 is 0 Å². The molecule has 3 N–H and O–H groups in total. The van der Waals surface area contributed by atoms with Crippen molar-refractivity contribution in [1.29, 1.82) is 0 Å². The zero-order chi connectivity index (χ0) is 8.81. The van der Waals surface area contributed by atoms with Gasteiger partial charge in [-0.25, -0.2) is 0 Å². The van der Waals surface area contributed by atoms with Gasteiger partial charge in [-0.2, -0.15) is 0 Å². The summed E-state index contributed by atoms with van der Waals surface area (Å²) in [5.74, 6) is 5.29. The Morgan fingerprint density at radius 3 is 2.58 bits per heavy atom. The molecule has 0 aliphatic carbocycles. The van der Waals surface area contributed by atoms with Crippen LogP contribution in [0.1, 0.15) is 18.9 Å². The summed E-state index contributed by atoms with van der Waals surface area (Å²) in [6.45, 7) is 2.09. The van der Waals surface area contributed by atoms with E-state index in [0.29, 0.717) is 6.04 Å². The second-order valence-electron chi connectivity index (χ2n) is 3.09. The van der Waals surface area contributed by atoms with Gasteiger partial charge in [-0.1, -0.05) is 30.3 Å². The quantitative estimate of drug-likeness (QED) is 0.522. The normalized spacial score (nSPS) is 12.8. The molecule has 0 fully saturated rings. The molecule has 0 saturated carbocycles. The molecule has 0 spiro atoms. The summed E-state index contributed by atoms with van der Waals surface area (Å²) in [5.41, 5.74) is 4.11. The van der Waals surface area contributed by atoms with Crippen molar-refractivity contribution in [3.8, 4) is 0 Å². The summed E-state index contributed by atoms with van der Waals surface area (Å²) >= 11 is 0. The minimum Gasteiger partial charge on any atom is -0.271 e. The first-order valence-electron chi connectivity index (χ1n) is 4.33. The van der Waals surface area contributed by atoms with Gasteiger partial charge in [0.2, 0.25) is 0 Å². The molecule has 0 aromatic heterocycles. The first-order valence-corrected chi connectivity index (χ1v) is 4.33. The third kappa shape index (κ3) is 3.03. The number of rotatable bonds is 4. The van der Waals surface area contributed by atoms with E-state index in [4.69, 9.17) is 5.84 Å². The van der Waals surface area contributed by atoms with Crippen LogP contribution in [0.3, 0.4) is 0 Å². The highest BCUT2D eigenvalue weighted by atomic mass is 15.2. The smallest absolute Gasteiger partial charge is 0.0185 e. The van der Waals surface area contributed by atoms with Gasteiger partial charge in [-0.05, 0) is 25.3 Å². The van der Waals surface area contributed by atoms with Gasteiger partial charge in [0.05, 0.1) is 0 Å². The summed E-state index contributed by atoms with van der Waals surface area (Å²) < 4.78 is 0. The molecule has 0 aliphatic rings. The van der Waals surface area contributed by atoms with Crippen molar-refractivity contribution in [2.24, 2.45) is 5.84 Å². The molecule has 0 radical (unpaired) electrons. The first kappa shape index (κ1) is 9.23. The van der Waals surface area contributed by atoms with Crippen molar-refractivity contribution in [3.63, 3.8) is 0 Å². The van der Waals surface area contributed by atoms with Gasteiger partial charge < -0.3 is 0 Å². The summed E-state index contributed by atoms with van der Waals surface area (Å²) in [4.78, 5) is 0. The number of benzene rings is 1. The van der Waals surface area contributed by atoms with E-state index in [1.165, 1.54) is 5.56 Å². The lowest BCUT2D eigenvalue weighted by molar-refractivity contribution is 0.532. The largest absolute Gasteiger partial charge is 0.271 e. The summed E-state index contributed by atoms with van der Waals surface area (Å²) in [6.07, 6.45) is 2.17. The van der Waals surface area contributed by atoms with Crippen molar-refractivity contribution in [3.05, 3.63) is 35.9 Å². The molecule has 12 heavy (non-hydrogen) atoms. The molecular formula is C10H16N2. The molecule has 0 bridgehead atoms. The van der Waals surface area contributed by atoms with Crippen molar-refractivity contribution in [1.82, 2.24) is 5.43 Å². The lowest BCUT2D eigenvalue weighted by Gasteiger charge is -2.08. The molecule has 0 amide bonds. The summed E-state index contributed by atoms with van der Waals surface area (Å²) in [7, 11) is 0. The van der Waals surface area contributed by atoms with Crippen LogP contribution < -0.4 is 11.3 Å². The third-order valence-electron chi connectivity index (χ3n) is 1.99. The highest BCUT2D eigenvalue weighted by Crippen LogP contribution is 2.03. The van der Waals surface area contributed by atoms with Crippen molar-refractivity contribution in [2.75, 3.05) is 0 Å².